The fraction of sp³-hybridized carbons (Fsp3) is 0.645. The molecule has 0 radical (unpaired) electrons. The van der Waals surface area contributed by atoms with Gasteiger partial charge in [0.25, 0.3) is 0 Å². The first-order valence-corrected chi connectivity index (χ1v) is 15.5. The molecular weight excluding hydrogens is 532 g/mol. The molecular formula is C31H48N8O3. The van der Waals surface area contributed by atoms with E-state index >= 15 is 0 Å². The van der Waals surface area contributed by atoms with Gasteiger partial charge in [-0.25, -0.2) is 4.98 Å². The summed E-state index contributed by atoms with van der Waals surface area (Å²) in [5.74, 6) is 2.07. The number of nitrogens with one attached hydrogen (secondary N) is 1. The SMILES string of the molecule is CC[C@@H]1C(=O)N(C)c2cnc(Nc3ccc(N4CCCN(CCCN5CCOCC5)CC4)cc3OC)nc2N1C(C)C. The zero-order valence-electron chi connectivity index (χ0n) is 26.0. The van der Waals surface area contributed by atoms with E-state index in [-0.39, 0.29) is 18.0 Å². The van der Waals surface area contributed by atoms with Gasteiger partial charge in [0.15, 0.2) is 5.82 Å². The van der Waals surface area contributed by atoms with Crippen LogP contribution < -0.4 is 24.8 Å². The van der Waals surface area contributed by atoms with Gasteiger partial charge >= 0.3 is 0 Å². The van der Waals surface area contributed by atoms with E-state index < -0.39 is 0 Å². The summed E-state index contributed by atoms with van der Waals surface area (Å²) in [6.45, 7) is 16.6. The van der Waals surface area contributed by atoms with E-state index in [4.69, 9.17) is 14.5 Å². The Bertz CT molecular complexity index is 1200. The van der Waals surface area contributed by atoms with Crippen molar-refractivity contribution in [1.29, 1.82) is 0 Å². The number of aromatic nitrogens is 2. The van der Waals surface area contributed by atoms with Crippen LogP contribution in [0.1, 0.15) is 40.0 Å². The predicted octanol–water partition coefficient (Wildman–Crippen LogP) is 3.43. The van der Waals surface area contributed by atoms with Crippen molar-refractivity contribution in [3.63, 3.8) is 0 Å². The van der Waals surface area contributed by atoms with Gasteiger partial charge in [0.2, 0.25) is 11.9 Å². The molecule has 4 heterocycles. The second kappa shape index (κ2) is 13.9. The lowest BCUT2D eigenvalue weighted by Crippen LogP contribution is -2.54. The Kier molecular flexibility index (Phi) is 10.0. The summed E-state index contributed by atoms with van der Waals surface area (Å²) in [6.07, 6.45) is 4.80. The molecule has 42 heavy (non-hydrogen) atoms. The molecule has 11 heteroatoms. The molecule has 11 nitrogen and oxygen atoms in total. The Morgan fingerprint density at radius 1 is 1.07 bits per heavy atom. The van der Waals surface area contributed by atoms with Crippen molar-refractivity contribution in [2.24, 2.45) is 0 Å². The Balaban J connectivity index is 1.24. The highest BCUT2D eigenvalue weighted by Gasteiger charge is 2.38. The molecule has 5 rings (SSSR count). The van der Waals surface area contributed by atoms with Crippen molar-refractivity contribution in [2.75, 3.05) is 99.7 Å². The minimum Gasteiger partial charge on any atom is -0.494 e. The maximum Gasteiger partial charge on any atom is 0.249 e. The fourth-order valence-corrected chi connectivity index (χ4v) is 6.33. The van der Waals surface area contributed by atoms with Crippen LogP contribution in [-0.2, 0) is 9.53 Å². The Morgan fingerprint density at radius 2 is 1.83 bits per heavy atom. The largest absolute Gasteiger partial charge is 0.494 e. The number of amides is 1. The quantitative estimate of drug-likeness (QED) is 0.451. The zero-order chi connectivity index (χ0) is 29.6. The first-order chi connectivity index (χ1) is 20.4. The lowest BCUT2D eigenvalue weighted by atomic mass is 10.1. The van der Waals surface area contributed by atoms with Gasteiger partial charge in [-0.1, -0.05) is 6.92 Å². The first-order valence-electron chi connectivity index (χ1n) is 15.5. The van der Waals surface area contributed by atoms with E-state index in [1.54, 1.807) is 25.3 Å². The van der Waals surface area contributed by atoms with Crippen molar-refractivity contribution in [3.8, 4) is 5.75 Å². The topological polar surface area (TPSA) is 89.5 Å². The summed E-state index contributed by atoms with van der Waals surface area (Å²) in [5, 5.41) is 3.38. The van der Waals surface area contributed by atoms with Crippen LogP contribution >= 0.6 is 0 Å². The predicted molar refractivity (Wildman–Crippen MR) is 169 cm³/mol. The Hall–Kier alpha value is -3.15. The minimum absolute atomic E-state index is 0.0740. The van der Waals surface area contributed by atoms with Gasteiger partial charge in [-0.05, 0) is 64.9 Å². The minimum atomic E-state index is -0.242. The average Bonchev–Trinajstić information content (AvgIpc) is 3.25. The summed E-state index contributed by atoms with van der Waals surface area (Å²) in [4.78, 5) is 33.8. The van der Waals surface area contributed by atoms with Gasteiger partial charge < -0.3 is 34.4 Å². The molecule has 0 bridgehead atoms. The van der Waals surface area contributed by atoms with Crippen LogP contribution in [0.4, 0.5) is 28.8 Å². The van der Waals surface area contributed by atoms with E-state index in [0.29, 0.717) is 12.4 Å². The number of likely N-dealkylation sites (N-methyl/N-ethyl adjacent to an activating group) is 1. The molecule has 1 amide bonds. The highest BCUT2D eigenvalue weighted by Crippen LogP contribution is 2.37. The number of carbonyl (C=O) groups is 1. The molecule has 3 aliphatic heterocycles. The average molecular weight is 581 g/mol. The van der Waals surface area contributed by atoms with E-state index in [1.807, 2.05) is 13.0 Å². The van der Waals surface area contributed by atoms with E-state index in [1.165, 1.54) is 6.42 Å². The molecule has 0 aliphatic carbocycles. The van der Waals surface area contributed by atoms with Gasteiger partial charge in [-0.2, -0.15) is 4.98 Å². The van der Waals surface area contributed by atoms with Crippen molar-refractivity contribution in [2.45, 2.75) is 52.1 Å². The number of benzene rings is 1. The molecule has 1 aromatic carbocycles. The third-order valence-electron chi connectivity index (χ3n) is 8.69. The third kappa shape index (κ3) is 6.74. The summed E-state index contributed by atoms with van der Waals surface area (Å²) in [7, 11) is 3.50. The van der Waals surface area contributed by atoms with E-state index in [0.717, 1.165) is 101 Å². The molecule has 0 unspecified atom stereocenters. The highest BCUT2D eigenvalue weighted by molar-refractivity contribution is 6.04. The van der Waals surface area contributed by atoms with Crippen LogP contribution in [0.25, 0.3) is 0 Å². The number of fused-ring (bicyclic) bond motifs is 1. The number of nitrogens with zero attached hydrogens (tertiary/aromatic N) is 7. The normalized spacial score (nSPS) is 20.6. The summed E-state index contributed by atoms with van der Waals surface area (Å²) >= 11 is 0. The zero-order valence-corrected chi connectivity index (χ0v) is 26.0. The molecule has 0 saturated carbocycles. The van der Waals surface area contributed by atoms with Crippen LogP contribution in [-0.4, -0.2) is 117 Å². The van der Waals surface area contributed by atoms with Crippen LogP contribution in [0.2, 0.25) is 0 Å². The van der Waals surface area contributed by atoms with Crippen molar-refractivity contribution >= 4 is 34.7 Å². The highest BCUT2D eigenvalue weighted by atomic mass is 16.5. The molecule has 2 saturated heterocycles. The van der Waals surface area contributed by atoms with Crippen LogP contribution in [0.15, 0.2) is 24.4 Å². The second-order valence-corrected chi connectivity index (χ2v) is 11.7. The number of rotatable bonds is 10. The standard InChI is InChI=1S/C31H48N8O3/c1-6-26-30(40)35(4)27-22-32-31(34-29(27)39(26)23(2)3)33-25-10-9-24(21-28(25)41-5)38-14-8-13-36(15-16-38)11-7-12-37-17-19-42-20-18-37/h9-10,21-23,26H,6-8,11-20H2,1-5H3,(H,32,33,34)/t26-/m1/s1. The smallest absolute Gasteiger partial charge is 0.249 e. The lowest BCUT2D eigenvalue weighted by Gasteiger charge is -2.42. The van der Waals surface area contributed by atoms with E-state index in [9.17, 15) is 4.79 Å². The van der Waals surface area contributed by atoms with Gasteiger partial charge in [0.1, 0.15) is 17.5 Å². The third-order valence-corrected chi connectivity index (χ3v) is 8.69. The lowest BCUT2D eigenvalue weighted by molar-refractivity contribution is -0.120. The molecule has 0 spiro atoms. The number of methoxy groups -OCH3 is 1. The molecule has 2 fully saturated rings. The molecule has 1 aromatic heterocycles. The number of carbonyl (C=O) groups excluding carboxylic acids is 1. The summed E-state index contributed by atoms with van der Waals surface area (Å²) in [5.41, 5.74) is 2.70. The van der Waals surface area contributed by atoms with Crippen LogP contribution in [0.5, 0.6) is 5.75 Å². The molecule has 230 valence electrons. The monoisotopic (exact) mass is 580 g/mol. The number of anilines is 5. The number of hydrogen-bond donors (Lipinski definition) is 1. The van der Waals surface area contributed by atoms with Crippen LogP contribution in [0.3, 0.4) is 0 Å². The number of ether oxygens (including phenoxy) is 2. The van der Waals surface area contributed by atoms with Gasteiger partial charge in [0.05, 0.1) is 32.2 Å². The summed E-state index contributed by atoms with van der Waals surface area (Å²) in [6, 6.07) is 6.18. The van der Waals surface area contributed by atoms with E-state index in [2.05, 4.69) is 55.9 Å². The second-order valence-electron chi connectivity index (χ2n) is 11.7. The molecule has 2 aromatic rings. The van der Waals surface area contributed by atoms with Gasteiger partial charge in [-0.3, -0.25) is 9.69 Å². The molecule has 1 atom stereocenters. The number of hydrogen-bond acceptors (Lipinski definition) is 10. The Morgan fingerprint density at radius 3 is 2.55 bits per heavy atom. The molecule has 1 N–H and O–H groups in total. The molecule has 3 aliphatic rings. The number of morpholine rings is 1. The van der Waals surface area contributed by atoms with Crippen LogP contribution in [0, 0.1) is 0 Å². The summed E-state index contributed by atoms with van der Waals surface area (Å²) < 4.78 is 11.3. The van der Waals surface area contributed by atoms with Crippen molar-refractivity contribution in [3.05, 3.63) is 24.4 Å². The fourth-order valence-electron chi connectivity index (χ4n) is 6.33. The Labute approximate surface area is 250 Å². The maximum absolute atomic E-state index is 13.0. The van der Waals surface area contributed by atoms with Crippen molar-refractivity contribution < 1.29 is 14.3 Å². The van der Waals surface area contributed by atoms with Gasteiger partial charge in [0, 0.05) is 57.6 Å². The first kappa shape index (κ1) is 30.3. The maximum atomic E-state index is 13.0. The van der Waals surface area contributed by atoms with Crippen molar-refractivity contribution in [1.82, 2.24) is 19.8 Å². The van der Waals surface area contributed by atoms with Gasteiger partial charge in [-0.15, -0.1) is 0 Å².